The molecule has 0 saturated carbocycles. The van der Waals surface area contributed by atoms with Crippen LogP contribution in [0, 0.1) is 0 Å². The van der Waals surface area contributed by atoms with Crippen LogP contribution in [0.25, 0.3) is 0 Å². The van der Waals surface area contributed by atoms with Gasteiger partial charge < -0.3 is 10.4 Å². The van der Waals surface area contributed by atoms with Crippen LogP contribution in [0.5, 0.6) is 0 Å². The Morgan fingerprint density at radius 1 is 1.50 bits per heavy atom. The fourth-order valence-electron chi connectivity index (χ4n) is 1.70. The largest absolute Gasteiger partial charge is 0.393 e. The van der Waals surface area contributed by atoms with E-state index >= 15 is 0 Å². The van der Waals surface area contributed by atoms with Crippen LogP contribution < -0.4 is 5.32 Å². The standard InChI is InChI=1S/C7H13NOS/c9-6-1-2-8-7(3-6)4-10-5-7/h6,8-9H,1-5H2. The van der Waals surface area contributed by atoms with E-state index in [0.717, 1.165) is 19.4 Å². The zero-order valence-electron chi connectivity index (χ0n) is 5.97. The molecule has 2 aliphatic heterocycles. The highest BCUT2D eigenvalue weighted by Crippen LogP contribution is 2.35. The van der Waals surface area contributed by atoms with E-state index in [-0.39, 0.29) is 6.10 Å². The molecule has 2 rings (SSSR count). The summed E-state index contributed by atoms with van der Waals surface area (Å²) < 4.78 is 0. The lowest BCUT2D eigenvalue weighted by molar-refractivity contribution is 0.0907. The van der Waals surface area contributed by atoms with Crippen LogP contribution in [0.3, 0.4) is 0 Å². The molecule has 2 aliphatic rings. The summed E-state index contributed by atoms with van der Waals surface area (Å²) in [5.41, 5.74) is 0.336. The molecule has 2 heterocycles. The van der Waals surface area contributed by atoms with E-state index in [1.165, 1.54) is 11.5 Å². The molecule has 2 nitrogen and oxygen atoms in total. The first kappa shape index (κ1) is 6.95. The number of aliphatic hydroxyl groups excluding tert-OH is 1. The average Bonchev–Trinajstić information content (AvgIpc) is 1.85. The number of hydrogen-bond acceptors (Lipinski definition) is 3. The van der Waals surface area contributed by atoms with Crippen LogP contribution in [-0.2, 0) is 0 Å². The molecule has 58 valence electrons. The van der Waals surface area contributed by atoms with Gasteiger partial charge in [-0.15, -0.1) is 0 Å². The lowest BCUT2D eigenvalue weighted by atomic mass is 9.90. The van der Waals surface area contributed by atoms with E-state index < -0.39 is 0 Å². The van der Waals surface area contributed by atoms with Crippen molar-refractivity contribution < 1.29 is 5.11 Å². The van der Waals surface area contributed by atoms with Crippen LogP contribution >= 0.6 is 11.8 Å². The topological polar surface area (TPSA) is 32.3 Å². The first-order valence-corrected chi connectivity index (χ1v) is 4.97. The van der Waals surface area contributed by atoms with Gasteiger partial charge in [0.15, 0.2) is 0 Å². The molecule has 3 heteroatoms. The van der Waals surface area contributed by atoms with Crippen molar-refractivity contribution in [1.82, 2.24) is 5.32 Å². The summed E-state index contributed by atoms with van der Waals surface area (Å²) in [6.07, 6.45) is 1.87. The predicted molar refractivity (Wildman–Crippen MR) is 43.3 cm³/mol. The Bertz CT molecular complexity index is 136. The first-order valence-electron chi connectivity index (χ1n) is 3.82. The maximum Gasteiger partial charge on any atom is 0.0570 e. The van der Waals surface area contributed by atoms with Gasteiger partial charge in [-0.25, -0.2) is 0 Å². The Morgan fingerprint density at radius 3 is 2.70 bits per heavy atom. The smallest absolute Gasteiger partial charge is 0.0570 e. The van der Waals surface area contributed by atoms with E-state index in [2.05, 4.69) is 5.32 Å². The maximum atomic E-state index is 9.36. The van der Waals surface area contributed by atoms with Gasteiger partial charge in [0, 0.05) is 17.0 Å². The third-order valence-corrected chi connectivity index (χ3v) is 3.87. The summed E-state index contributed by atoms with van der Waals surface area (Å²) in [7, 11) is 0. The molecule has 2 fully saturated rings. The third kappa shape index (κ3) is 1.06. The lowest BCUT2D eigenvalue weighted by Crippen LogP contribution is -2.60. The highest BCUT2D eigenvalue weighted by Gasteiger charge is 2.41. The lowest BCUT2D eigenvalue weighted by Gasteiger charge is -2.46. The fourth-order valence-corrected chi connectivity index (χ4v) is 2.83. The molecule has 0 aromatic rings. The third-order valence-electron chi connectivity index (χ3n) is 2.36. The quantitative estimate of drug-likeness (QED) is 0.530. The first-order chi connectivity index (χ1) is 4.81. The number of nitrogens with one attached hydrogen (secondary N) is 1. The number of aliphatic hydroxyl groups is 1. The second-order valence-corrected chi connectivity index (χ2v) is 4.33. The number of rotatable bonds is 0. The van der Waals surface area contributed by atoms with Crippen LogP contribution in [0.4, 0.5) is 0 Å². The molecule has 10 heavy (non-hydrogen) atoms. The Labute approximate surface area is 65.4 Å². The maximum absolute atomic E-state index is 9.36. The number of thioether (sulfide) groups is 1. The molecule has 2 saturated heterocycles. The summed E-state index contributed by atoms with van der Waals surface area (Å²) in [6, 6.07) is 0. The van der Waals surface area contributed by atoms with Crippen molar-refractivity contribution in [3.05, 3.63) is 0 Å². The van der Waals surface area contributed by atoms with Crippen LogP contribution in [0.2, 0.25) is 0 Å². The molecular formula is C7H13NOS. The summed E-state index contributed by atoms with van der Waals surface area (Å²) in [4.78, 5) is 0. The van der Waals surface area contributed by atoms with Gasteiger partial charge in [-0.1, -0.05) is 0 Å². The van der Waals surface area contributed by atoms with Crippen molar-refractivity contribution in [1.29, 1.82) is 0 Å². The SMILES string of the molecule is OC1CCNC2(CSC2)C1. The minimum atomic E-state index is -0.0397. The molecule has 0 bridgehead atoms. The van der Waals surface area contributed by atoms with Crippen molar-refractivity contribution in [2.24, 2.45) is 0 Å². The average molecular weight is 159 g/mol. The van der Waals surface area contributed by atoms with Crippen molar-refractivity contribution in [3.63, 3.8) is 0 Å². The van der Waals surface area contributed by atoms with E-state index in [1.54, 1.807) is 0 Å². The van der Waals surface area contributed by atoms with Crippen molar-refractivity contribution >= 4 is 11.8 Å². The molecule has 0 aliphatic carbocycles. The minimum Gasteiger partial charge on any atom is -0.393 e. The van der Waals surface area contributed by atoms with Crippen LogP contribution in [0.15, 0.2) is 0 Å². The minimum absolute atomic E-state index is 0.0397. The van der Waals surface area contributed by atoms with Gasteiger partial charge in [0.25, 0.3) is 0 Å². The van der Waals surface area contributed by atoms with Crippen molar-refractivity contribution in [2.45, 2.75) is 24.5 Å². The monoisotopic (exact) mass is 159 g/mol. The van der Waals surface area contributed by atoms with Crippen molar-refractivity contribution in [2.75, 3.05) is 18.1 Å². The van der Waals surface area contributed by atoms with Crippen molar-refractivity contribution in [3.8, 4) is 0 Å². The Balaban J connectivity index is 1.96. The summed E-state index contributed by atoms with van der Waals surface area (Å²) >= 11 is 1.97. The van der Waals surface area contributed by atoms with Gasteiger partial charge in [-0.3, -0.25) is 0 Å². The van der Waals surface area contributed by atoms with E-state index in [0.29, 0.717) is 5.54 Å². The van der Waals surface area contributed by atoms with Crippen LogP contribution in [0.1, 0.15) is 12.8 Å². The summed E-state index contributed by atoms with van der Waals surface area (Å²) in [5.74, 6) is 2.40. The molecule has 1 unspecified atom stereocenters. The Morgan fingerprint density at radius 2 is 2.30 bits per heavy atom. The molecule has 0 amide bonds. The molecule has 0 aromatic carbocycles. The summed E-state index contributed by atoms with van der Waals surface area (Å²) in [6.45, 7) is 1.00. The highest BCUT2D eigenvalue weighted by molar-refractivity contribution is 8.00. The second kappa shape index (κ2) is 2.40. The molecule has 0 radical (unpaired) electrons. The van der Waals surface area contributed by atoms with Gasteiger partial charge in [0.1, 0.15) is 0 Å². The number of piperidine rings is 1. The van der Waals surface area contributed by atoms with Gasteiger partial charge in [-0.05, 0) is 19.4 Å². The Kier molecular flexibility index (Phi) is 1.66. The zero-order valence-corrected chi connectivity index (χ0v) is 6.78. The normalized spacial score (nSPS) is 37.5. The van der Waals surface area contributed by atoms with Gasteiger partial charge in [0.05, 0.1) is 6.10 Å². The van der Waals surface area contributed by atoms with E-state index in [9.17, 15) is 5.11 Å². The molecule has 0 aromatic heterocycles. The van der Waals surface area contributed by atoms with E-state index in [1.807, 2.05) is 11.8 Å². The molecular weight excluding hydrogens is 146 g/mol. The van der Waals surface area contributed by atoms with Gasteiger partial charge in [0.2, 0.25) is 0 Å². The Hall–Kier alpha value is 0.270. The molecule has 2 N–H and O–H groups in total. The molecule has 1 spiro atoms. The van der Waals surface area contributed by atoms with Gasteiger partial charge in [-0.2, -0.15) is 11.8 Å². The number of hydrogen-bond donors (Lipinski definition) is 2. The fraction of sp³-hybridized carbons (Fsp3) is 1.00. The summed E-state index contributed by atoms with van der Waals surface area (Å²) in [5, 5.41) is 12.8. The molecule has 1 atom stereocenters. The van der Waals surface area contributed by atoms with Crippen LogP contribution in [-0.4, -0.2) is 34.8 Å². The van der Waals surface area contributed by atoms with Gasteiger partial charge >= 0.3 is 0 Å². The second-order valence-electron chi connectivity index (χ2n) is 3.35. The highest BCUT2D eigenvalue weighted by atomic mass is 32.2. The predicted octanol–water partition coefficient (Wildman–Crippen LogP) is 0.216. The zero-order chi connectivity index (χ0) is 7.03. The van der Waals surface area contributed by atoms with E-state index in [4.69, 9.17) is 0 Å².